The van der Waals surface area contributed by atoms with Gasteiger partial charge in [0.1, 0.15) is 17.0 Å². The Morgan fingerprint density at radius 3 is 2.70 bits per heavy atom. The van der Waals surface area contributed by atoms with Crippen LogP contribution in [0.1, 0.15) is 5.56 Å². The van der Waals surface area contributed by atoms with Crippen molar-refractivity contribution in [3.8, 4) is 11.4 Å². The van der Waals surface area contributed by atoms with Gasteiger partial charge in [0.15, 0.2) is 0 Å². The van der Waals surface area contributed by atoms with Crippen LogP contribution in [0.25, 0.3) is 5.69 Å². The molecule has 0 saturated carbocycles. The zero-order valence-corrected chi connectivity index (χ0v) is 13.5. The molecule has 7 nitrogen and oxygen atoms in total. The van der Waals surface area contributed by atoms with Crippen LogP contribution in [0.3, 0.4) is 0 Å². The maximum absolute atomic E-state index is 12.4. The third-order valence-electron chi connectivity index (χ3n) is 3.12. The molecule has 118 valence electrons. The molecule has 1 heterocycles. The number of halogens is 1. The first kappa shape index (κ1) is 15.4. The Balaban J connectivity index is 1.95. The summed E-state index contributed by atoms with van der Waals surface area (Å²) in [4.78, 5) is 0.0258. The van der Waals surface area contributed by atoms with E-state index in [0.29, 0.717) is 16.3 Å². The van der Waals surface area contributed by atoms with Crippen LogP contribution in [0.4, 0.5) is 0 Å². The van der Waals surface area contributed by atoms with Gasteiger partial charge < -0.3 is 4.18 Å². The third kappa shape index (κ3) is 3.17. The second-order valence-corrected chi connectivity index (χ2v) is 6.57. The topological polar surface area (TPSA) is 87.0 Å². The lowest BCUT2D eigenvalue weighted by atomic mass is 10.2. The SMILES string of the molecule is Cc1c(Cl)cccc1S(=O)(=O)Oc1cccc(-n2cnnn2)c1. The van der Waals surface area contributed by atoms with E-state index in [0.717, 1.165) is 0 Å². The summed E-state index contributed by atoms with van der Waals surface area (Å²) in [6.07, 6.45) is 1.40. The highest BCUT2D eigenvalue weighted by molar-refractivity contribution is 7.87. The van der Waals surface area contributed by atoms with Gasteiger partial charge in [-0.25, -0.2) is 4.68 Å². The summed E-state index contributed by atoms with van der Waals surface area (Å²) in [5.74, 6) is 0.150. The van der Waals surface area contributed by atoms with E-state index in [4.69, 9.17) is 15.8 Å². The van der Waals surface area contributed by atoms with Crippen molar-refractivity contribution >= 4 is 21.7 Å². The van der Waals surface area contributed by atoms with Crippen molar-refractivity contribution in [2.24, 2.45) is 0 Å². The predicted molar refractivity (Wildman–Crippen MR) is 83.2 cm³/mol. The van der Waals surface area contributed by atoms with Crippen molar-refractivity contribution in [2.75, 3.05) is 0 Å². The standard InChI is InChI=1S/C14H11ClN4O3S/c1-10-13(15)6-3-7-14(10)23(20,21)22-12-5-2-4-11(8-12)19-9-16-17-18-19/h2-9H,1H3. The van der Waals surface area contributed by atoms with Crippen LogP contribution < -0.4 is 4.18 Å². The van der Waals surface area contributed by atoms with E-state index in [1.807, 2.05) is 0 Å². The second kappa shape index (κ2) is 5.98. The van der Waals surface area contributed by atoms with Crippen LogP contribution in [0, 0.1) is 6.92 Å². The van der Waals surface area contributed by atoms with E-state index < -0.39 is 10.1 Å². The first-order valence-corrected chi connectivity index (χ1v) is 8.29. The summed E-state index contributed by atoms with van der Waals surface area (Å²) in [5.41, 5.74) is 1.01. The van der Waals surface area contributed by atoms with Crippen molar-refractivity contribution < 1.29 is 12.6 Å². The van der Waals surface area contributed by atoms with Crippen LogP contribution in [0.5, 0.6) is 5.75 Å². The van der Waals surface area contributed by atoms with E-state index in [-0.39, 0.29) is 10.6 Å². The lowest BCUT2D eigenvalue weighted by molar-refractivity contribution is 0.485. The number of benzene rings is 2. The fourth-order valence-electron chi connectivity index (χ4n) is 1.99. The first-order valence-electron chi connectivity index (χ1n) is 6.50. The van der Waals surface area contributed by atoms with E-state index in [1.165, 1.54) is 29.2 Å². The first-order chi connectivity index (χ1) is 11.0. The molecule has 1 aromatic heterocycles. The normalized spacial score (nSPS) is 11.4. The predicted octanol–water partition coefficient (Wildman–Crippen LogP) is 2.39. The second-order valence-electron chi connectivity index (χ2n) is 4.65. The zero-order chi connectivity index (χ0) is 16.4. The van der Waals surface area contributed by atoms with Crippen LogP contribution in [-0.2, 0) is 10.1 Å². The molecule has 0 aliphatic carbocycles. The summed E-state index contributed by atoms with van der Waals surface area (Å²) < 4.78 is 31.5. The fourth-order valence-corrected chi connectivity index (χ4v) is 3.40. The average molecular weight is 351 g/mol. The molecular formula is C14H11ClN4O3S. The van der Waals surface area contributed by atoms with Gasteiger partial charge in [0.2, 0.25) is 0 Å². The Morgan fingerprint density at radius 2 is 1.96 bits per heavy atom. The van der Waals surface area contributed by atoms with Gasteiger partial charge in [0.05, 0.1) is 5.69 Å². The lowest BCUT2D eigenvalue weighted by Gasteiger charge is -2.10. The Bertz CT molecular complexity index is 942. The summed E-state index contributed by atoms with van der Waals surface area (Å²) in [6, 6.07) is 11.0. The maximum Gasteiger partial charge on any atom is 0.339 e. The number of rotatable bonds is 4. The number of hydrogen-bond acceptors (Lipinski definition) is 6. The van der Waals surface area contributed by atoms with Crippen LogP contribution >= 0.6 is 11.6 Å². The van der Waals surface area contributed by atoms with Gasteiger partial charge >= 0.3 is 10.1 Å². The van der Waals surface area contributed by atoms with E-state index in [9.17, 15) is 8.42 Å². The summed E-state index contributed by atoms with van der Waals surface area (Å²) in [7, 11) is -4.00. The third-order valence-corrected chi connectivity index (χ3v) is 4.93. The minimum Gasteiger partial charge on any atom is -0.379 e. The van der Waals surface area contributed by atoms with Gasteiger partial charge in [-0.05, 0) is 47.2 Å². The molecule has 0 atom stereocenters. The molecule has 0 unspecified atom stereocenters. The van der Waals surface area contributed by atoms with Gasteiger partial charge in [-0.2, -0.15) is 8.42 Å². The molecule has 0 bridgehead atoms. The highest BCUT2D eigenvalue weighted by Crippen LogP contribution is 2.26. The molecule has 0 saturated heterocycles. The molecule has 23 heavy (non-hydrogen) atoms. The Labute approximate surface area is 137 Å². The van der Waals surface area contributed by atoms with Gasteiger partial charge in [-0.1, -0.05) is 23.7 Å². The quantitative estimate of drug-likeness (QED) is 0.671. The number of tetrazole rings is 1. The average Bonchev–Trinajstić information content (AvgIpc) is 3.04. The molecule has 0 aliphatic rings. The highest BCUT2D eigenvalue weighted by atomic mass is 35.5. The number of aromatic nitrogens is 4. The van der Waals surface area contributed by atoms with Crippen molar-refractivity contribution in [3.05, 3.63) is 59.4 Å². The van der Waals surface area contributed by atoms with Crippen LogP contribution in [0.15, 0.2) is 53.7 Å². The number of hydrogen-bond donors (Lipinski definition) is 0. The number of nitrogens with zero attached hydrogens (tertiary/aromatic N) is 4. The highest BCUT2D eigenvalue weighted by Gasteiger charge is 2.20. The summed E-state index contributed by atoms with van der Waals surface area (Å²) in [6.45, 7) is 1.62. The van der Waals surface area contributed by atoms with E-state index in [1.54, 1.807) is 31.2 Å². The van der Waals surface area contributed by atoms with Crippen LogP contribution in [-0.4, -0.2) is 28.6 Å². The molecule has 2 aromatic carbocycles. The Kier molecular flexibility index (Phi) is 4.01. The molecule has 0 amide bonds. The van der Waals surface area contributed by atoms with Gasteiger partial charge in [0.25, 0.3) is 0 Å². The lowest BCUT2D eigenvalue weighted by Crippen LogP contribution is -2.11. The van der Waals surface area contributed by atoms with Crippen molar-refractivity contribution in [2.45, 2.75) is 11.8 Å². The molecule has 0 radical (unpaired) electrons. The maximum atomic E-state index is 12.4. The minimum atomic E-state index is -4.00. The monoisotopic (exact) mass is 350 g/mol. The van der Waals surface area contributed by atoms with E-state index >= 15 is 0 Å². The van der Waals surface area contributed by atoms with E-state index in [2.05, 4.69) is 15.5 Å². The van der Waals surface area contributed by atoms with Crippen LogP contribution in [0.2, 0.25) is 5.02 Å². The van der Waals surface area contributed by atoms with Crippen molar-refractivity contribution in [1.29, 1.82) is 0 Å². The molecule has 0 aliphatic heterocycles. The molecule has 3 aromatic rings. The zero-order valence-electron chi connectivity index (χ0n) is 11.9. The van der Waals surface area contributed by atoms with Gasteiger partial charge in [0, 0.05) is 11.1 Å². The fraction of sp³-hybridized carbons (Fsp3) is 0.0714. The summed E-state index contributed by atoms with van der Waals surface area (Å²) >= 11 is 5.97. The van der Waals surface area contributed by atoms with Gasteiger partial charge in [-0.15, -0.1) is 5.10 Å². The Hall–Kier alpha value is -2.45. The largest absolute Gasteiger partial charge is 0.379 e. The smallest absolute Gasteiger partial charge is 0.339 e. The molecule has 3 rings (SSSR count). The van der Waals surface area contributed by atoms with Crippen molar-refractivity contribution in [1.82, 2.24) is 20.2 Å². The van der Waals surface area contributed by atoms with Gasteiger partial charge in [-0.3, -0.25) is 0 Å². The molecule has 0 fully saturated rings. The summed E-state index contributed by atoms with van der Waals surface area (Å²) in [5, 5.41) is 11.2. The van der Waals surface area contributed by atoms with Crippen molar-refractivity contribution in [3.63, 3.8) is 0 Å². The molecule has 0 N–H and O–H groups in total. The molecule has 9 heteroatoms. The Morgan fingerprint density at radius 1 is 1.17 bits per heavy atom. The molecule has 0 spiro atoms. The minimum absolute atomic E-state index is 0.0258. The molecular weight excluding hydrogens is 340 g/mol.